The van der Waals surface area contributed by atoms with Crippen LogP contribution in [0.15, 0.2) is 24.3 Å². The van der Waals surface area contributed by atoms with Crippen LogP contribution in [0.5, 0.6) is 0 Å². The van der Waals surface area contributed by atoms with Gasteiger partial charge in [-0.05, 0) is 32.3 Å². The third kappa shape index (κ3) is 1.47. The summed E-state index contributed by atoms with van der Waals surface area (Å²) >= 11 is 0. The summed E-state index contributed by atoms with van der Waals surface area (Å²) in [7, 11) is 0. The number of hydrogen-bond acceptors (Lipinski definition) is 1. The fraction of sp³-hybridized carbons (Fsp3) is 0.462. The fourth-order valence-electron chi connectivity index (χ4n) is 1.98. The van der Waals surface area contributed by atoms with E-state index in [2.05, 4.69) is 6.92 Å². The maximum absolute atomic E-state index is 12.1. The van der Waals surface area contributed by atoms with Gasteiger partial charge < -0.3 is 0 Å². The summed E-state index contributed by atoms with van der Waals surface area (Å²) in [5.74, 6) is 0.351. The van der Waals surface area contributed by atoms with Crippen LogP contribution in [0, 0.1) is 12.3 Å². The molecule has 0 N–H and O–H groups in total. The van der Waals surface area contributed by atoms with Crippen molar-refractivity contribution in [3.8, 4) is 0 Å². The molecule has 0 aromatic heterocycles. The van der Waals surface area contributed by atoms with Crippen LogP contribution >= 0.6 is 0 Å². The third-order valence-corrected chi connectivity index (χ3v) is 3.29. The molecule has 0 saturated heterocycles. The number of rotatable bonds is 3. The van der Waals surface area contributed by atoms with Crippen molar-refractivity contribution in [3.05, 3.63) is 35.4 Å². The predicted octanol–water partition coefficient (Wildman–Crippen LogP) is 3.37. The largest absolute Gasteiger partial charge is 0.294 e. The minimum absolute atomic E-state index is 0.00773. The minimum atomic E-state index is 0.00773. The molecule has 1 fully saturated rings. The first-order valence-corrected chi connectivity index (χ1v) is 5.29. The zero-order chi connectivity index (χ0) is 10.2. The summed E-state index contributed by atoms with van der Waals surface area (Å²) in [6, 6.07) is 7.93. The normalized spacial score (nSPS) is 17.9. The van der Waals surface area contributed by atoms with Gasteiger partial charge >= 0.3 is 0 Å². The molecular weight excluding hydrogens is 172 g/mol. The molecule has 1 aromatic carbocycles. The van der Waals surface area contributed by atoms with Crippen LogP contribution in [0.2, 0.25) is 0 Å². The minimum Gasteiger partial charge on any atom is -0.294 e. The van der Waals surface area contributed by atoms with E-state index in [1.54, 1.807) is 0 Å². The molecule has 14 heavy (non-hydrogen) atoms. The Kier molecular flexibility index (Phi) is 2.18. The molecule has 1 nitrogen and oxygen atoms in total. The number of aryl methyl sites for hydroxylation is 1. The van der Waals surface area contributed by atoms with E-state index in [0.29, 0.717) is 5.78 Å². The highest BCUT2D eigenvalue weighted by atomic mass is 16.1. The Morgan fingerprint density at radius 3 is 2.64 bits per heavy atom. The van der Waals surface area contributed by atoms with Gasteiger partial charge in [-0.15, -0.1) is 0 Å². The lowest BCUT2D eigenvalue weighted by Gasteiger charge is -2.10. The molecule has 0 aliphatic heterocycles. The molecule has 0 unspecified atom stereocenters. The lowest BCUT2D eigenvalue weighted by atomic mass is 9.92. The van der Waals surface area contributed by atoms with Crippen molar-refractivity contribution in [1.82, 2.24) is 0 Å². The first-order chi connectivity index (χ1) is 6.68. The van der Waals surface area contributed by atoms with E-state index in [9.17, 15) is 4.79 Å². The molecule has 1 saturated carbocycles. The van der Waals surface area contributed by atoms with E-state index in [1.165, 1.54) is 5.56 Å². The first-order valence-electron chi connectivity index (χ1n) is 5.29. The molecule has 0 atom stereocenters. The number of Topliss-reactive ketones (excluding diaryl/α,β-unsaturated/α-hetero) is 1. The number of hydrogen-bond donors (Lipinski definition) is 0. The van der Waals surface area contributed by atoms with Crippen LogP contribution in [-0.2, 0) is 0 Å². The molecule has 2 rings (SSSR count). The van der Waals surface area contributed by atoms with Gasteiger partial charge in [-0.3, -0.25) is 4.79 Å². The monoisotopic (exact) mass is 188 g/mol. The standard InChI is InChI=1S/C13H16O/c1-3-13(7-8-13)12(14)11-6-4-5-10(2)9-11/h4-6,9H,3,7-8H2,1-2H3. The van der Waals surface area contributed by atoms with Crippen molar-refractivity contribution in [3.63, 3.8) is 0 Å². The molecule has 1 heteroatoms. The van der Waals surface area contributed by atoms with Crippen LogP contribution in [0.4, 0.5) is 0 Å². The number of ketones is 1. The smallest absolute Gasteiger partial charge is 0.168 e. The van der Waals surface area contributed by atoms with E-state index in [4.69, 9.17) is 0 Å². The van der Waals surface area contributed by atoms with Crippen LogP contribution in [0.1, 0.15) is 42.1 Å². The predicted molar refractivity (Wildman–Crippen MR) is 57.5 cm³/mol. The van der Waals surface area contributed by atoms with E-state index in [0.717, 1.165) is 24.8 Å². The Morgan fingerprint density at radius 2 is 2.14 bits per heavy atom. The van der Waals surface area contributed by atoms with Crippen LogP contribution < -0.4 is 0 Å². The van der Waals surface area contributed by atoms with Gasteiger partial charge in [-0.25, -0.2) is 0 Å². The summed E-state index contributed by atoms with van der Waals surface area (Å²) < 4.78 is 0. The fourth-order valence-corrected chi connectivity index (χ4v) is 1.98. The van der Waals surface area contributed by atoms with Crippen molar-refractivity contribution in [2.24, 2.45) is 5.41 Å². The van der Waals surface area contributed by atoms with E-state index in [1.807, 2.05) is 31.2 Å². The highest BCUT2D eigenvalue weighted by Crippen LogP contribution is 2.50. The number of benzene rings is 1. The SMILES string of the molecule is CCC1(C(=O)c2cccc(C)c2)CC1. The second-order valence-electron chi connectivity index (χ2n) is 4.33. The van der Waals surface area contributed by atoms with Crippen molar-refractivity contribution in [2.75, 3.05) is 0 Å². The van der Waals surface area contributed by atoms with Gasteiger partial charge in [0.1, 0.15) is 0 Å². The number of carbonyl (C=O) groups is 1. The Hall–Kier alpha value is -1.11. The maximum Gasteiger partial charge on any atom is 0.168 e. The molecule has 0 amide bonds. The first kappa shape index (κ1) is 9.45. The Bertz CT molecular complexity index is 361. The van der Waals surface area contributed by atoms with Gasteiger partial charge in [0.2, 0.25) is 0 Å². The average molecular weight is 188 g/mol. The average Bonchev–Trinajstić information content (AvgIpc) is 2.97. The zero-order valence-corrected chi connectivity index (χ0v) is 8.84. The summed E-state index contributed by atoms with van der Waals surface area (Å²) in [5, 5.41) is 0. The quantitative estimate of drug-likeness (QED) is 0.665. The van der Waals surface area contributed by atoms with Crippen molar-refractivity contribution in [1.29, 1.82) is 0 Å². The summed E-state index contributed by atoms with van der Waals surface area (Å²) in [5.41, 5.74) is 2.07. The molecule has 0 heterocycles. The number of carbonyl (C=O) groups excluding carboxylic acids is 1. The van der Waals surface area contributed by atoms with Gasteiger partial charge in [-0.1, -0.05) is 30.7 Å². The lowest BCUT2D eigenvalue weighted by molar-refractivity contribution is 0.0896. The highest BCUT2D eigenvalue weighted by Gasteiger charge is 2.47. The Balaban J connectivity index is 2.28. The van der Waals surface area contributed by atoms with Gasteiger partial charge in [0.25, 0.3) is 0 Å². The maximum atomic E-state index is 12.1. The second-order valence-corrected chi connectivity index (χ2v) is 4.33. The zero-order valence-electron chi connectivity index (χ0n) is 8.84. The van der Waals surface area contributed by atoms with Crippen LogP contribution in [0.25, 0.3) is 0 Å². The third-order valence-electron chi connectivity index (χ3n) is 3.29. The molecule has 0 radical (unpaired) electrons. The van der Waals surface area contributed by atoms with Crippen LogP contribution in [0.3, 0.4) is 0 Å². The van der Waals surface area contributed by atoms with E-state index < -0.39 is 0 Å². The Labute approximate surface area is 85.1 Å². The Morgan fingerprint density at radius 1 is 1.43 bits per heavy atom. The molecule has 0 bridgehead atoms. The summed E-state index contributed by atoms with van der Waals surface area (Å²) in [4.78, 5) is 12.1. The molecule has 74 valence electrons. The van der Waals surface area contributed by atoms with Crippen LogP contribution in [-0.4, -0.2) is 5.78 Å². The van der Waals surface area contributed by atoms with Crippen molar-refractivity contribution >= 4 is 5.78 Å². The summed E-state index contributed by atoms with van der Waals surface area (Å²) in [6.07, 6.45) is 3.15. The molecule has 1 aromatic rings. The second kappa shape index (κ2) is 3.23. The van der Waals surface area contributed by atoms with E-state index >= 15 is 0 Å². The van der Waals surface area contributed by atoms with E-state index in [-0.39, 0.29) is 5.41 Å². The van der Waals surface area contributed by atoms with Gasteiger partial charge in [0.05, 0.1) is 0 Å². The molecule has 0 spiro atoms. The van der Waals surface area contributed by atoms with Crippen molar-refractivity contribution < 1.29 is 4.79 Å². The van der Waals surface area contributed by atoms with Gasteiger partial charge in [0, 0.05) is 11.0 Å². The molecular formula is C13H16O. The van der Waals surface area contributed by atoms with Gasteiger partial charge in [-0.2, -0.15) is 0 Å². The lowest BCUT2D eigenvalue weighted by Crippen LogP contribution is -2.14. The molecule has 1 aliphatic rings. The summed E-state index contributed by atoms with van der Waals surface area (Å²) in [6.45, 7) is 4.14. The molecule has 1 aliphatic carbocycles. The highest BCUT2D eigenvalue weighted by molar-refractivity contribution is 6.02. The van der Waals surface area contributed by atoms with Gasteiger partial charge in [0.15, 0.2) is 5.78 Å². The topological polar surface area (TPSA) is 17.1 Å². The van der Waals surface area contributed by atoms with Crippen molar-refractivity contribution in [2.45, 2.75) is 33.1 Å².